The first-order valence-corrected chi connectivity index (χ1v) is 24.4. The van der Waals surface area contributed by atoms with Crippen molar-refractivity contribution in [1.29, 1.82) is 0 Å². The molecule has 1 fully saturated rings. The van der Waals surface area contributed by atoms with Crippen LogP contribution in [0.3, 0.4) is 0 Å². The molecule has 0 aromatic heterocycles. The van der Waals surface area contributed by atoms with Gasteiger partial charge in [0.15, 0.2) is 0 Å². The van der Waals surface area contributed by atoms with Crippen molar-refractivity contribution in [2.24, 2.45) is 11.8 Å². The highest BCUT2D eigenvalue weighted by Crippen LogP contribution is 2.41. The van der Waals surface area contributed by atoms with Crippen LogP contribution in [0.15, 0.2) is 97.1 Å². The maximum Gasteiger partial charge on any atom is 0.0314 e. The molecule has 2 heteroatoms. The topological polar surface area (TPSA) is 52.0 Å². The summed E-state index contributed by atoms with van der Waals surface area (Å²) in [5.74, 6) is 2.97. The molecule has 0 amide bonds. The van der Waals surface area contributed by atoms with E-state index in [-0.39, 0.29) is 0 Å². The molecular weight excluding hydrogens is 701 g/mol. The van der Waals surface area contributed by atoms with Gasteiger partial charge in [0, 0.05) is 29.1 Å². The minimum Gasteiger partial charge on any atom is -0.399 e. The molecule has 5 rings (SSSR count). The zero-order valence-corrected chi connectivity index (χ0v) is 37.2. The molecule has 4 aromatic rings. The van der Waals surface area contributed by atoms with Crippen molar-refractivity contribution in [3.05, 3.63) is 130 Å². The summed E-state index contributed by atoms with van der Waals surface area (Å²) in [5.41, 5.74) is 22.6. The Kier molecular flexibility index (Phi) is 20.3. The van der Waals surface area contributed by atoms with Gasteiger partial charge in [0.1, 0.15) is 0 Å². The number of nitrogen functional groups attached to an aromatic ring is 2. The fourth-order valence-electron chi connectivity index (χ4n) is 10.3. The smallest absolute Gasteiger partial charge is 0.0314 e. The SMILES string of the molecule is CCCCCCCCC(CCC(c1ccc(C(CCCCCC)c2ccc(N)cc2)cc1)c1ccc(C(CCCCCC)c2ccc(N)cc2)cc1)C1CCCCC1. The largest absolute Gasteiger partial charge is 0.399 e. The summed E-state index contributed by atoms with van der Waals surface area (Å²) >= 11 is 0. The Morgan fingerprint density at radius 3 is 1.07 bits per heavy atom. The van der Waals surface area contributed by atoms with Crippen LogP contribution in [0, 0.1) is 11.8 Å². The van der Waals surface area contributed by atoms with Crippen LogP contribution in [0.5, 0.6) is 0 Å². The molecule has 58 heavy (non-hydrogen) atoms. The highest BCUT2D eigenvalue weighted by Gasteiger charge is 2.26. The van der Waals surface area contributed by atoms with Crippen molar-refractivity contribution >= 4 is 11.4 Å². The molecule has 0 spiro atoms. The summed E-state index contributed by atoms with van der Waals surface area (Å²) in [6.45, 7) is 6.94. The van der Waals surface area contributed by atoms with E-state index in [0.29, 0.717) is 17.8 Å². The monoisotopic (exact) mass is 783 g/mol. The molecule has 4 N–H and O–H groups in total. The molecule has 1 aliphatic rings. The third kappa shape index (κ3) is 14.6. The van der Waals surface area contributed by atoms with E-state index < -0.39 is 0 Å². The summed E-state index contributed by atoms with van der Waals surface area (Å²) in [6.07, 6.45) is 32.2. The fraction of sp³-hybridized carbons (Fsp3) is 0.571. The summed E-state index contributed by atoms with van der Waals surface area (Å²) in [4.78, 5) is 0. The van der Waals surface area contributed by atoms with Crippen LogP contribution >= 0.6 is 0 Å². The molecule has 0 bridgehead atoms. The van der Waals surface area contributed by atoms with Crippen LogP contribution < -0.4 is 11.5 Å². The molecule has 316 valence electrons. The van der Waals surface area contributed by atoms with Gasteiger partial charge in [-0.05, 0) is 95.2 Å². The van der Waals surface area contributed by atoms with Gasteiger partial charge in [0.05, 0.1) is 0 Å². The molecule has 2 nitrogen and oxygen atoms in total. The Labute approximate surface area is 356 Å². The Morgan fingerprint density at radius 2 is 0.672 bits per heavy atom. The first-order valence-electron chi connectivity index (χ1n) is 24.4. The third-order valence-corrected chi connectivity index (χ3v) is 13.9. The second-order valence-electron chi connectivity index (χ2n) is 18.3. The first-order chi connectivity index (χ1) is 28.5. The molecule has 1 aliphatic carbocycles. The van der Waals surface area contributed by atoms with E-state index in [1.165, 1.54) is 187 Å². The van der Waals surface area contributed by atoms with E-state index >= 15 is 0 Å². The van der Waals surface area contributed by atoms with E-state index in [1.54, 1.807) is 0 Å². The van der Waals surface area contributed by atoms with Crippen LogP contribution in [-0.4, -0.2) is 0 Å². The lowest BCUT2D eigenvalue weighted by atomic mass is 9.73. The number of unbranched alkanes of at least 4 members (excludes halogenated alkanes) is 11. The zero-order valence-electron chi connectivity index (χ0n) is 37.2. The van der Waals surface area contributed by atoms with Crippen molar-refractivity contribution < 1.29 is 0 Å². The van der Waals surface area contributed by atoms with Gasteiger partial charge in [-0.15, -0.1) is 0 Å². The van der Waals surface area contributed by atoms with Crippen molar-refractivity contribution in [1.82, 2.24) is 0 Å². The van der Waals surface area contributed by atoms with E-state index in [9.17, 15) is 0 Å². The Morgan fingerprint density at radius 1 is 0.362 bits per heavy atom. The predicted octanol–water partition coefficient (Wildman–Crippen LogP) is 16.9. The van der Waals surface area contributed by atoms with Crippen molar-refractivity contribution in [3.63, 3.8) is 0 Å². The molecule has 0 aliphatic heterocycles. The second-order valence-corrected chi connectivity index (χ2v) is 18.3. The lowest BCUT2D eigenvalue weighted by molar-refractivity contribution is 0.214. The van der Waals surface area contributed by atoms with Gasteiger partial charge in [-0.3, -0.25) is 0 Å². The van der Waals surface area contributed by atoms with E-state index in [0.717, 1.165) is 23.2 Å². The predicted molar refractivity (Wildman–Crippen MR) is 255 cm³/mol. The molecule has 1 saturated carbocycles. The van der Waals surface area contributed by atoms with Crippen LogP contribution in [0.2, 0.25) is 0 Å². The summed E-state index contributed by atoms with van der Waals surface area (Å²) in [5, 5.41) is 0. The molecule has 0 heterocycles. The molecule has 4 aromatic carbocycles. The number of hydrogen-bond donors (Lipinski definition) is 2. The lowest BCUT2D eigenvalue weighted by Crippen LogP contribution is -2.19. The first kappa shape index (κ1) is 45.6. The third-order valence-electron chi connectivity index (χ3n) is 13.9. The Bertz CT molecular complexity index is 1530. The fourth-order valence-corrected chi connectivity index (χ4v) is 10.3. The average Bonchev–Trinajstić information content (AvgIpc) is 3.26. The average molecular weight is 783 g/mol. The highest BCUT2D eigenvalue weighted by molar-refractivity contribution is 5.45. The number of hydrogen-bond acceptors (Lipinski definition) is 2. The maximum absolute atomic E-state index is 6.15. The van der Waals surface area contributed by atoms with Crippen molar-refractivity contribution in [3.8, 4) is 0 Å². The zero-order chi connectivity index (χ0) is 40.8. The van der Waals surface area contributed by atoms with Crippen LogP contribution in [0.25, 0.3) is 0 Å². The standard InChI is InChI=1S/C56H82N2/c1-4-7-10-13-14-16-23-45(44-21-17-15-18-22-44)38-43-56(48-30-26-46(27-31-48)54(24-19-11-8-5-2)50-34-39-52(57)40-35-50)49-32-28-47(29-33-49)55(25-20-12-9-6-3)51-36-41-53(58)42-37-51/h26-37,39-42,44-45,54-56H,4-25,38,43,57-58H2,1-3H3. The quantitative estimate of drug-likeness (QED) is 0.0467. The van der Waals surface area contributed by atoms with Gasteiger partial charge >= 0.3 is 0 Å². The molecule has 0 saturated heterocycles. The van der Waals surface area contributed by atoms with Crippen molar-refractivity contribution in [2.75, 3.05) is 11.5 Å². The van der Waals surface area contributed by atoms with E-state index in [1.807, 2.05) is 0 Å². The molecule has 3 atom stereocenters. The normalized spacial score (nSPS) is 15.6. The van der Waals surface area contributed by atoms with Gasteiger partial charge in [0.25, 0.3) is 0 Å². The minimum atomic E-state index is 0.401. The van der Waals surface area contributed by atoms with Gasteiger partial charge < -0.3 is 11.5 Å². The van der Waals surface area contributed by atoms with Crippen LogP contribution in [-0.2, 0) is 0 Å². The number of anilines is 2. The lowest BCUT2D eigenvalue weighted by Gasteiger charge is -2.32. The maximum atomic E-state index is 6.15. The molecular formula is C56H82N2. The van der Waals surface area contributed by atoms with E-state index in [2.05, 4.69) is 118 Å². The minimum absolute atomic E-state index is 0.401. The van der Waals surface area contributed by atoms with Crippen molar-refractivity contribution in [2.45, 2.75) is 193 Å². The Balaban J connectivity index is 1.42. The van der Waals surface area contributed by atoms with Gasteiger partial charge in [0.2, 0.25) is 0 Å². The van der Waals surface area contributed by atoms with E-state index in [4.69, 9.17) is 11.5 Å². The summed E-state index contributed by atoms with van der Waals surface area (Å²) in [7, 11) is 0. The molecule has 0 radical (unpaired) electrons. The summed E-state index contributed by atoms with van der Waals surface area (Å²) < 4.78 is 0. The highest BCUT2D eigenvalue weighted by atomic mass is 14.5. The van der Waals surface area contributed by atoms with Gasteiger partial charge in [-0.2, -0.15) is 0 Å². The number of rotatable bonds is 27. The van der Waals surface area contributed by atoms with Gasteiger partial charge in [-0.25, -0.2) is 0 Å². The second kappa shape index (κ2) is 25.9. The Hall–Kier alpha value is -3.52. The number of benzene rings is 4. The summed E-state index contributed by atoms with van der Waals surface area (Å²) in [6, 6.07) is 37.2. The van der Waals surface area contributed by atoms with Gasteiger partial charge in [-0.1, -0.05) is 222 Å². The molecule has 3 unspecified atom stereocenters. The van der Waals surface area contributed by atoms with Crippen LogP contribution in [0.4, 0.5) is 11.4 Å². The van der Waals surface area contributed by atoms with Crippen LogP contribution in [0.1, 0.15) is 226 Å². The number of nitrogens with two attached hydrogens (primary N) is 2.